The number of carbonyl (C=O) groups excluding carboxylic acids is 1. The molecule has 0 aliphatic heterocycles. The number of hydrogen-bond acceptors (Lipinski definition) is 3. The van der Waals surface area contributed by atoms with E-state index in [0.717, 1.165) is 10.8 Å². The van der Waals surface area contributed by atoms with Crippen molar-refractivity contribution < 1.29 is 14.7 Å². The average molecular weight is 287 g/mol. The summed E-state index contributed by atoms with van der Waals surface area (Å²) in [5.74, 6) is -1.61. The number of carbonyl (C=O) groups is 2. The minimum atomic E-state index is -0.947. The Hall–Kier alpha value is -2.63. The number of anilines is 1. The maximum absolute atomic E-state index is 12.0. The molecule has 0 aliphatic rings. The lowest BCUT2D eigenvalue weighted by Gasteiger charge is -2.18. The standard InChI is InChI=1S/C15H17N3O3/c1-9(14(19)20)10(2)17-15(21)18-13-5-3-4-11-6-7-16-8-12(11)13/h3-10H,1-2H3,(H,19,20)(H2,17,18,21). The molecule has 1 aromatic carbocycles. The van der Waals surface area contributed by atoms with Crippen LogP contribution < -0.4 is 10.6 Å². The second kappa shape index (κ2) is 6.21. The van der Waals surface area contributed by atoms with Crippen LogP contribution in [0, 0.1) is 5.92 Å². The highest BCUT2D eigenvalue weighted by atomic mass is 16.4. The number of fused-ring (bicyclic) bond motifs is 1. The first-order valence-electron chi connectivity index (χ1n) is 6.62. The van der Waals surface area contributed by atoms with Gasteiger partial charge in [-0.25, -0.2) is 4.79 Å². The van der Waals surface area contributed by atoms with Gasteiger partial charge in [-0.05, 0) is 31.4 Å². The highest BCUT2D eigenvalue weighted by Gasteiger charge is 2.21. The zero-order valence-electron chi connectivity index (χ0n) is 11.8. The van der Waals surface area contributed by atoms with Gasteiger partial charge in [-0.2, -0.15) is 0 Å². The number of nitrogens with one attached hydrogen (secondary N) is 2. The maximum Gasteiger partial charge on any atom is 0.319 e. The van der Waals surface area contributed by atoms with Crippen molar-refractivity contribution in [3.63, 3.8) is 0 Å². The van der Waals surface area contributed by atoms with Gasteiger partial charge in [0, 0.05) is 23.8 Å². The minimum Gasteiger partial charge on any atom is -0.481 e. The molecule has 2 amide bonds. The van der Waals surface area contributed by atoms with Crippen molar-refractivity contribution in [1.29, 1.82) is 0 Å². The van der Waals surface area contributed by atoms with Crippen molar-refractivity contribution in [3.8, 4) is 0 Å². The predicted octanol–water partition coefficient (Wildman–Crippen LogP) is 2.47. The number of nitrogens with zero attached hydrogens (tertiary/aromatic N) is 1. The number of aromatic nitrogens is 1. The van der Waals surface area contributed by atoms with Crippen LogP contribution >= 0.6 is 0 Å². The molecule has 1 heterocycles. The fourth-order valence-corrected chi connectivity index (χ4v) is 1.93. The van der Waals surface area contributed by atoms with E-state index in [0.29, 0.717) is 5.69 Å². The lowest BCUT2D eigenvalue weighted by Crippen LogP contribution is -2.42. The number of amides is 2. The van der Waals surface area contributed by atoms with E-state index in [4.69, 9.17) is 5.11 Å². The molecule has 0 aliphatic carbocycles. The fourth-order valence-electron chi connectivity index (χ4n) is 1.93. The number of benzene rings is 1. The van der Waals surface area contributed by atoms with Crippen molar-refractivity contribution in [2.75, 3.05) is 5.32 Å². The molecular formula is C15H17N3O3. The van der Waals surface area contributed by atoms with Crippen LogP contribution in [-0.2, 0) is 4.79 Å². The normalized spacial score (nSPS) is 13.4. The van der Waals surface area contributed by atoms with Gasteiger partial charge in [-0.15, -0.1) is 0 Å². The summed E-state index contributed by atoms with van der Waals surface area (Å²) in [6, 6.07) is 6.47. The quantitative estimate of drug-likeness (QED) is 0.805. The van der Waals surface area contributed by atoms with E-state index in [1.807, 2.05) is 18.2 Å². The van der Waals surface area contributed by atoms with E-state index >= 15 is 0 Å². The van der Waals surface area contributed by atoms with Gasteiger partial charge in [0.2, 0.25) is 0 Å². The van der Waals surface area contributed by atoms with Gasteiger partial charge in [0.1, 0.15) is 0 Å². The zero-order valence-corrected chi connectivity index (χ0v) is 11.8. The van der Waals surface area contributed by atoms with Crippen molar-refractivity contribution in [3.05, 3.63) is 36.7 Å². The van der Waals surface area contributed by atoms with E-state index in [2.05, 4.69) is 15.6 Å². The third-order valence-corrected chi connectivity index (χ3v) is 3.43. The van der Waals surface area contributed by atoms with Gasteiger partial charge in [-0.3, -0.25) is 9.78 Å². The summed E-state index contributed by atoms with van der Waals surface area (Å²) in [5.41, 5.74) is 0.633. The van der Waals surface area contributed by atoms with E-state index in [9.17, 15) is 9.59 Å². The van der Waals surface area contributed by atoms with Crippen LogP contribution in [0.4, 0.5) is 10.5 Å². The molecule has 2 aromatic rings. The first-order chi connectivity index (χ1) is 9.99. The topological polar surface area (TPSA) is 91.3 Å². The van der Waals surface area contributed by atoms with E-state index in [1.54, 1.807) is 32.3 Å². The molecule has 0 saturated carbocycles. The summed E-state index contributed by atoms with van der Waals surface area (Å²) < 4.78 is 0. The molecule has 110 valence electrons. The molecule has 6 heteroatoms. The van der Waals surface area contributed by atoms with Crippen LogP contribution in [0.5, 0.6) is 0 Å². The zero-order chi connectivity index (χ0) is 15.4. The summed E-state index contributed by atoms with van der Waals surface area (Å²) >= 11 is 0. The van der Waals surface area contributed by atoms with Crippen LogP contribution in [-0.4, -0.2) is 28.1 Å². The Morgan fingerprint density at radius 1 is 1.24 bits per heavy atom. The molecule has 0 saturated heterocycles. The molecule has 2 atom stereocenters. The number of pyridine rings is 1. The van der Waals surface area contributed by atoms with E-state index < -0.39 is 24.0 Å². The predicted molar refractivity (Wildman–Crippen MR) is 80.2 cm³/mol. The molecule has 0 radical (unpaired) electrons. The van der Waals surface area contributed by atoms with Crippen molar-refractivity contribution in [1.82, 2.24) is 10.3 Å². The molecule has 21 heavy (non-hydrogen) atoms. The number of rotatable bonds is 4. The lowest BCUT2D eigenvalue weighted by molar-refractivity contribution is -0.141. The molecule has 0 bridgehead atoms. The Kier molecular flexibility index (Phi) is 4.37. The Morgan fingerprint density at radius 2 is 2.00 bits per heavy atom. The highest BCUT2D eigenvalue weighted by molar-refractivity contribution is 6.01. The molecule has 2 unspecified atom stereocenters. The van der Waals surface area contributed by atoms with Crippen LogP contribution in [0.2, 0.25) is 0 Å². The molecule has 1 aromatic heterocycles. The van der Waals surface area contributed by atoms with Crippen molar-refractivity contribution in [2.45, 2.75) is 19.9 Å². The Labute approximate surface area is 122 Å². The van der Waals surface area contributed by atoms with Crippen molar-refractivity contribution in [2.24, 2.45) is 5.92 Å². The summed E-state index contributed by atoms with van der Waals surface area (Å²) in [6.45, 7) is 3.21. The summed E-state index contributed by atoms with van der Waals surface area (Å²) in [6.07, 6.45) is 3.36. The molecular weight excluding hydrogens is 270 g/mol. The first-order valence-corrected chi connectivity index (χ1v) is 6.62. The number of carboxylic acid groups (broad SMARTS) is 1. The second-order valence-electron chi connectivity index (χ2n) is 4.92. The Balaban J connectivity index is 2.10. The highest BCUT2D eigenvalue weighted by Crippen LogP contribution is 2.21. The Bertz CT molecular complexity index is 667. The lowest BCUT2D eigenvalue weighted by atomic mass is 10.0. The van der Waals surface area contributed by atoms with Crippen LogP contribution in [0.3, 0.4) is 0 Å². The largest absolute Gasteiger partial charge is 0.481 e. The fraction of sp³-hybridized carbons (Fsp3) is 0.267. The van der Waals surface area contributed by atoms with Gasteiger partial charge in [-0.1, -0.05) is 12.1 Å². The second-order valence-corrected chi connectivity index (χ2v) is 4.92. The molecule has 0 spiro atoms. The van der Waals surface area contributed by atoms with E-state index in [1.165, 1.54) is 0 Å². The monoisotopic (exact) mass is 287 g/mol. The number of aliphatic carboxylic acids is 1. The summed E-state index contributed by atoms with van der Waals surface area (Å²) in [5, 5.41) is 16.1. The summed E-state index contributed by atoms with van der Waals surface area (Å²) in [7, 11) is 0. The molecule has 3 N–H and O–H groups in total. The maximum atomic E-state index is 12.0. The third-order valence-electron chi connectivity index (χ3n) is 3.43. The average Bonchev–Trinajstić information content (AvgIpc) is 2.46. The van der Waals surface area contributed by atoms with Crippen LogP contribution in [0.15, 0.2) is 36.7 Å². The van der Waals surface area contributed by atoms with Gasteiger partial charge in [0.25, 0.3) is 0 Å². The van der Waals surface area contributed by atoms with Gasteiger partial charge in [0.15, 0.2) is 0 Å². The molecule has 0 fully saturated rings. The van der Waals surface area contributed by atoms with Crippen LogP contribution in [0.25, 0.3) is 10.8 Å². The number of carboxylic acids is 1. The Morgan fingerprint density at radius 3 is 2.71 bits per heavy atom. The first kappa shape index (κ1) is 14.8. The summed E-state index contributed by atoms with van der Waals surface area (Å²) in [4.78, 5) is 26.9. The number of urea groups is 1. The molecule has 6 nitrogen and oxygen atoms in total. The third kappa shape index (κ3) is 3.47. The van der Waals surface area contributed by atoms with Gasteiger partial charge in [0.05, 0.1) is 11.6 Å². The van der Waals surface area contributed by atoms with Gasteiger partial charge < -0.3 is 15.7 Å². The van der Waals surface area contributed by atoms with Crippen LogP contribution in [0.1, 0.15) is 13.8 Å². The SMILES string of the molecule is CC(NC(=O)Nc1cccc2ccncc12)C(C)C(=O)O. The molecule has 2 rings (SSSR count). The minimum absolute atomic E-state index is 0.438. The number of hydrogen-bond donors (Lipinski definition) is 3. The van der Waals surface area contributed by atoms with Gasteiger partial charge >= 0.3 is 12.0 Å². The van der Waals surface area contributed by atoms with E-state index in [-0.39, 0.29) is 0 Å². The van der Waals surface area contributed by atoms with Crippen molar-refractivity contribution >= 4 is 28.5 Å². The smallest absolute Gasteiger partial charge is 0.319 e.